The van der Waals surface area contributed by atoms with Gasteiger partial charge in [-0.05, 0) is 70.4 Å². The Labute approximate surface area is 178 Å². The van der Waals surface area contributed by atoms with Crippen LogP contribution in [0.2, 0.25) is 0 Å². The van der Waals surface area contributed by atoms with E-state index in [0.29, 0.717) is 34.3 Å². The molecule has 0 saturated heterocycles. The number of hydrogen-bond acceptors (Lipinski definition) is 7. The summed E-state index contributed by atoms with van der Waals surface area (Å²) in [7, 11) is -3.42. The van der Waals surface area contributed by atoms with Crippen LogP contribution in [-0.2, 0) is 9.84 Å². The van der Waals surface area contributed by atoms with E-state index in [4.69, 9.17) is 10.7 Å². The van der Waals surface area contributed by atoms with Crippen molar-refractivity contribution in [1.29, 1.82) is 0 Å². The van der Waals surface area contributed by atoms with Crippen molar-refractivity contribution in [3.8, 4) is 0 Å². The van der Waals surface area contributed by atoms with Gasteiger partial charge < -0.3 is 16.4 Å². The predicted octanol–water partition coefficient (Wildman–Crippen LogP) is 3.96. The van der Waals surface area contributed by atoms with Gasteiger partial charge in [0.2, 0.25) is 5.95 Å². The minimum atomic E-state index is -3.42. The van der Waals surface area contributed by atoms with E-state index in [2.05, 4.69) is 15.6 Å². The fourth-order valence-electron chi connectivity index (χ4n) is 3.90. The van der Waals surface area contributed by atoms with Crippen LogP contribution in [0.15, 0.2) is 35.4 Å². The Hall–Kier alpha value is -2.19. The Morgan fingerprint density at radius 1 is 1.07 bits per heavy atom. The molecule has 1 aromatic carbocycles. The third-order valence-electron chi connectivity index (χ3n) is 6.01. The van der Waals surface area contributed by atoms with E-state index in [-0.39, 0.29) is 6.04 Å². The van der Waals surface area contributed by atoms with Gasteiger partial charge in [0.25, 0.3) is 0 Å². The number of nitrogens with one attached hydrogen (secondary N) is 2. The third kappa shape index (κ3) is 4.59. The molecule has 2 fully saturated rings. The summed E-state index contributed by atoms with van der Waals surface area (Å²) in [5.41, 5.74) is 7.61. The fourth-order valence-corrected chi connectivity index (χ4v) is 5.10. The first-order valence-electron chi connectivity index (χ1n) is 10.8. The number of rotatable bonds is 7. The van der Waals surface area contributed by atoms with Gasteiger partial charge in [0.1, 0.15) is 5.82 Å². The second kappa shape index (κ2) is 8.51. The standard InChI is InChI=1S/C22H31N5O2S/c1-14(2)30(28,29)20-6-4-3-5-19(20)26-21-18(15-7-8-15)13-24-22(27-21)25-17-11-9-16(23)10-12-17/h3-6,13-17H,7-12,23H2,1-2H3,(H2,24,25,26,27). The summed E-state index contributed by atoms with van der Waals surface area (Å²) in [6.45, 7) is 3.40. The Morgan fingerprint density at radius 2 is 1.77 bits per heavy atom. The average Bonchev–Trinajstić information content (AvgIpc) is 3.55. The summed E-state index contributed by atoms with van der Waals surface area (Å²) in [5.74, 6) is 1.70. The normalized spacial score (nSPS) is 22.1. The van der Waals surface area contributed by atoms with E-state index < -0.39 is 15.1 Å². The summed E-state index contributed by atoms with van der Waals surface area (Å²) >= 11 is 0. The van der Waals surface area contributed by atoms with Crippen molar-refractivity contribution in [1.82, 2.24) is 9.97 Å². The molecule has 0 spiro atoms. The minimum Gasteiger partial charge on any atom is -0.351 e. The molecule has 1 heterocycles. The molecule has 30 heavy (non-hydrogen) atoms. The number of nitrogens with two attached hydrogens (primary N) is 1. The van der Waals surface area contributed by atoms with Gasteiger partial charge in [0, 0.05) is 23.8 Å². The lowest BCUT2D eigenvalue weighted by atomic mass is 9.92. The smallest absolute Gasteiger partial charge is 0.224 e. The van der Waals surface area contributed by atoms with Crippen molar-refractivity contribution in [2.75, 3.05) is 10.6 Å². The van der Waals surface area contributed by atoms with Crippen LogP contribution in [0.3, 0.4) is 0 Å². The highest BCUT2D eigenvalue weighted by molar-refractivity contribution is 7.92. The lowest BCUT2D eigenvalue weighted by Gasteiger charge is -2.27. The molecule has 0 atom stereocenters. The molecular weight excluding hydrogens is 398 g/mol. The van der Waals surface area contributed by atoms with Gasteiger partial charge in [-0.25, -0.2) is 13.4 Å². The molecule has 0 radical (unpaired) electrons. The number of sulfone groups is 1. The van der Waals surface area contributed by atoms with E-state index >= 15 is 0 Å². The monoisotopic (exact) mass is 429 g/mol. The predicted molar refractivity (Wildman–Crippen MR) is 120 cm³/mol. The minimum absolute atomic E-state index is 0.290. The van der Waals surface area contributed by atoms with E-state index in [9.17, 15) is 8.42 Å². The molecule has 8 heteroatoms. The van der Waals surface area contributed by atoms with E-state index in [0.717, 1.165) is 44.1 Å². The van der Waals surface area contributed by atoms with Gasteiger partial charge >= 0.3 is 0 Å². The SMILES string of the molecule is CC(C)S(=O)(=O)c1ccccc1Nc1nc(NC2CCC(N)CC2)ncc1C1CC1. The number of hydrogen-bond donors (Lipinski definition) is 3. The van der Waals surface area contributed by atoms with Crippen molar-refractivity contribution in [3.05, 3.63) is 36.0 Å². The van der Waals surface area contributed by atoms with Gasteiger partial charge in [0.05, 0.1) is 15.8 Å². The van der Waals surface area contributed by atoms with Crippen LogP contribution >= 0.6 is 0 Å². The molecule has 0 aliphatic heterocycles. The van der Waals surface area contributed by atoms with E-state index in [1.165, 1.54) is 0 Å². The first kappa shape index (κ1) is 21.1. The molecule has 1 aromatic heterocycles. The third-order valence-corrected chi connectivity index (χ3v) is 8.22. The summed E-state index contributed by atoms with van der Waals surface area (Å²) in [5, 5.41) is 6.26. The van der Waals surface area contributed by atoms with Crippen LogP contribution < -0.4 is 16.4 Å². The Bertz CT molecular complexity index is 996. The van der Waals surface area contributed by atoms with Crippen LogP contribution in [0, 0.1) is 0 Å². The summed E-state index contributed by atoms with van der Waals surface area (Å²) in [6, 6.07) is 7.65. The van der Waals surface area contributed by atoms with Crippen LogP contribution in [0.4, 0.5) is 17.5 Å². The second-order valence-electron chi connectivity index (χ2n) is 8.74. The maximum atomic E-state index is 12.8. The number of para-hydroxylation sites is 1. The second-order valence-corrected chi connectivity index (χ2v) is 11.2. The first-order valence-corrected chi connectivity index (χ1v) is 12.4. The topological polar surface area (TPSA) is 110 Å². The molecule has 0 bridgehead atoms. The highest BCUT2D eigenvalue weighted by Crippen LogP contribution is 2.43. The molecule has 0 unspecified atom stereocenters. The molecule has 2 aromatic rings. The quantitative estimate of drug-likeness (QED) is 0.611. The zero-order valence-corrected chi connectivity index (χ0v) is 18.5. The average molecular weight is 430 g/mol. The first-order chi connectivity index (χ1) is 14.3. The van der Waals surface area contributed by atoms with Gasteiger partial charge in [-0.2, -0.15) is 4.98 Å². The zero-order chi connectivity index (χ0) is 21.3. The van der Waals surface area contributed by atoms with Gasteiger partial charge in [-0.15, -0.1) is 0 Å². The van der Waals surface area contributed by atoms with Gasteiger partial charge in [-0.3, -0.25) is 0 Å². The zero-order valence-electron chi connectivity index (χ0n) is 17.6. The fraction of sp³-hybridized carbons (Fsp3) is 0.545. The molecule has 162 valence electrons. The van der Waals surface area contributed by atoms with Gasteiger partial charge in [0.15, 0.2) is 9.84 Å². The van der Waals surface area contributed by atoms with Crippen molar-refractivity contribution in [3.63, 3.8) is 0 Å². The molecule has 0 amide bonds. The summed E-state index contributed by atoms with van der Waals surface area (Å²) in [4.78, 5) is 9.60. The molecular formula is C22H31N5O2S. The van der Waals surface area contributed by atoms with Crippen LogP contribution in [0.5, 0.6) is 0 Å². The van der Waals surface area contributed by atoms with Crippen LogP contribution in [-0.4, -0.2) is 35.7 Å². The Morgan fingerprint density at radius 3 is 2.43 bits per heavy atom. The summed E-state index contributed by atoms with van der Waals surface area (Å²) in [6.07, 6.45) is 8.12. The number of nitrogens with zero attached hydrogens (tertiary/aromatic N) is 2. The highest BCUT2D eigenvalue weighted by atomic mass is 32.2. The summed E-state index contributed by atoms with van der Waals surface area (Å²) < 4.78 is 25.7. The highest BCUT2D eigenvalue weighted by Gasteiger charge is 2.29. The largest absolute Gasteiger partial charge is 0.351 e. The molecule has 2 saturated carbocycles. The maximum absolute atomic E-state index is 12.8. The lowest BCUT2D eigenvalue weighted by molar-refractivity contribution is 0.410. The number of aromatic nitrogens is 2. The molecule has 4 N–H and O–H groups in total. The Balaban J connectivity index is 1.62. The van der Waals surface area contributed by atoms with Gasteiger partial charge in [-0.1, -0.05) is 12.1 Å². The lowest BCUT2D eigenvalue weighted by Crippen LogP contribution is -2.33. The molecule has 2 aliphatic rings. The maximum Gasteiger partial charge on any atom is 0.224 e. The van der Waals surface area contributed by atoms with E-state index in [1.807, 2.05) is 12.3 Å². The number of benzene rings is 1. The number of anilines is 3. The van der Waals surface area contributed by atoms with E-state index in [1.54, 1.807) is 32.0 Å². The van der Waals surface area contributed by atoms with Crippen molar-refractivity contribution in [2.45, 2.75) is 80.5 Å². The van der Waals surface area contributed by atoms with Crippen molar-refractivity contribution >= 4 is 27.3 Å². The van der Waals surface area contributed by atoms with Crippen LogP contribution in [0.1, 0.15) is 63.9 Å². The van der Waals surface area contributed by atoms with Crippen molar-refractivity contribution < 1.29 is 8.42 Å². The van der Waals surface area contributed by atoms with Crippen molar-refractivity contribution in [2.24, 2.45) is 5.73 Å². The Kier molecular flexibility index (Phi) is 5.97. The van der Waals surface area contributed by atoms with Crippen LogP contribution in [0.25, 0.3) is 0 Å². The molecule has 7 nitrogen and oxygen atoms in total. The molecule has 4 rings (SSSR count). The molecule has 2 aliphatic carbocycles.